The smallest absolute Gasteiger partial charge is 0.0561 e. The number of rotatable bonds is 4. The minimum absolute atomic E-state index is 0.0160. The van der Waals surface area contributed by atoms with Gasteiger partial charge in [0.15, 0.2) is 0 Å². The van der Waals surface area contributed by atoms with Gasteiger partial charge in [0.1, 0.15) is 0 Å². The zero-order chi connectivity index (χ0) is 18.9. The predicted octanol–water partition coefficient (Wildman–Crippen LogP) is 5.85. The van der Waals surface area contributed by atoms with E-state index in [2.05, 4.69) is 75.2 Å². The minimum Gasteiger partial charge on any atom is -0.360 e. The molecule has 2 aromatic carbocycles. The van der Waals surface area contributed by atoms with E-state index in [1.165, 1.54) is 22.4 Å². The quantitative estimate of drug-likeness (QED) is 0.555. The van der Waals surface area contributed by atoms with Gasteiger partial charge in [-0.1, -0.05) is 24.3 Å². The average molecular weight is 348 g/mol. The Labute approximate surface area is 157 Å². The van der Waals surface area contributed by atoms with Crippen LogP contribution in [0.15, 0.2) is 53.6 Å². The Morgan fingerprint density at radius 2 is 1.77 bits per heavy atom. The molecule has 3 heteroatoms. The molecule has 0 fully saturated rings. The van der Waals surface area contributed by atoms with Crippen LogP contribution in [0.25, 0.3) is 5.57 Å². The van der Waals surface area contributed by atoms with Crippen molar-refractivity contribution >= 4 is 23.2 Å². The number of anilines is 2. The number of para-hydroxylation sites is 1. The van der Waals surface area contributed by atoms with Crippen molar-refractivity contribution in [2.45, 2.75) is 53.1 Å². The van der Waals surface area contributed by atoms with Crippen molar-refractivity contribution in [2.24, 2.45) is 5.10 Å². The van der Waals surface area contributed by atoms with E-state index in [9.17, 15) is 0 Å². The van der Waals surface area contributed by atoms with Gasteiger partial charge in [0, 0.05) is 17.3 Å². The molecule has 0 saturated carbocycles. The van der Waals surface area contributed by atoms with Gasteiger partial charge in [0.2, 0.25) is 0 Å². The third kappa shape index (κ3) is 3.52. The Balaban J connectivity index is 1.95. The number of hydrogen-bond acceptors (Lipinski definition) is 3. The Hall–Kier alpha value is -2.55. The topological polar surface area (TPSA) is 27.6 Å². The SMILES string of the molecule is CC1=CC(C)(C)N(C(C)C)c2cc(C)c(/C=N\Nc3ccccc3)cc21. The van der Waals surface area contributed by atoms with E-state index in [-0.39, 0.29) is 5.54 Å². The molecule has 3 nitrogen and oxygen atoms in total. The van der Waals surface area contributed by atoms with Gasteiger partial charge >= 0.3 is 0 Å². The maximum absolute atomic E-state index is 4.42. The number of aryl methyl sites for hydroxylation is 1. The van der Waals surface area contributed by atoms with Crippen LogP contribution >= 0.6 is 0 Å². The van der Waals surface area contributed by atoms with Crippen molar-refractivity contribution in [3.8, 4) is 0 Å². The summed E-state index contributed by atoms with van der Waals surface area (Å²) in [5.74, 6) is 0. The van der Waals surface area contributed by atoms with Crippen molar-refractivity contribution in [3.05, 3.63) is 65.2 Å². The zero-order valence-corrected chi connectivity index (χ0v) is 16.7. The number of fused-ring (bicyclic) bond motifs is 1. The lowest BCUT2D eigenvalue weighted by Gasteiger charge is -2.46. The molecular weight excluding hydrogens is 318 g/mol. The summed E-state index contributed by atoms with van der Waals surface area (Å²) in [6.07, 6.45) is 4.28. The number of hydrazone groups is 1. The first kappa shape index (κ1) is 18.2. The summed E-state index contributed by atoms with van der Waals surface area (Å²) in [6, 6.07) is 15.0. The summed E-state index contributed by atoms with van der Waals surface area (Å²) in [6.45, 7) is 13.4. The molecule has 1 aliphatic rings. The van der Waals surface area contributed by atoms with E-state index in [4.69, 9.17) is 0 Å². The fourth-order valence-electron chi connectivity index (χ4n) is 3.98. The molecule has 0 bridgehead atoms. The lowest BCUT2D eigenvalue weighted by molar-refractivity contribution is 0.507. The van der Waals surface area contributed by atoms with Crippen molar-refractivity contribution in [3.63, 3.8) is 0 Å². The van der Waals surface area contributed by atoms with Crippen LogP contribution in [0.4, 0.5) is 11.4 Å². The highest BCUT2D eigenvalue weighted by molar-refractivity contribution is 5.89. The molecule has 0 unspecified atom stereocenters. The van der Waals surface area contributed by atoms with E-state index in [1.807, 2.05) is 36.5 Å². The molecule has 136 valence electrons. The Kier molecular flexibility index (Phi) is 4.90. The summed E-state index contributed by atoms with van der Waals surface area (Å²) >= 11 is 0. The largest absolute Gasteiger partial charge is 0.360 e. The summed E-state index contributed by atoms with van der Waals surface area (Å²) < 4.78 is 0. The van der Waals surface area contributed by atoms with E-state index < -0.39 is 0 Å². The van der Waals surface area contributed by atoms with Crippen LogP contribution in [-0.2, 0) is 0 Å². The highest BCUT2D eigenvalue weighted by Crippen LogP contribution is 2.41. The maximum Gasteiger partial charge on any atom is 0.0561 e. The molecule has 3 rings (SSSR count). The van der Waals surface area contributed by atoms with E-state index in [1.54, 1.807) is 0 Å². The number of benzene rings is 2. The first-order valence-electron chi connectivity index (χ1n) is 9.27. The van der Waals surface area contributed by atoms with Crippen LogP contribution in [0.1, 0.15) is 51.3 Å². The molecule has 26 heavy (non-hydrogen) atoms. The first-order valence-corrected chi connectivity index (χ1v) is 9.27. The molecule has 0 atom stereocenters. The predicted molar refractivity (Wildman–Crippen MR) is 114 cm³/mol. The third-order valence-corrected chi connectivity index (χ3v) is 4.95. The standard InChI is InChI=1S/C23H29N3/c1-16(2)26-22-12-17(3)19(13-21(22)18(4)14-23(26,5)6)15-24-25-20-10-8-7-9-11-20/h7-16,25H,1-6H3/b24-15-. The van der Waals surface area contributed by atoms with Gasteiger partial charge < -0.3 is 4.90 Å². The fraction of sp³-hybridized carbons (Fsp3) is 0.348. The van der Waals surface area contributed by atoms with Gasteiger partial charge in [-0.05, 0) is 82.5 Å². The van der Waals surface area contributed by atoms with Gasteiger partial charge in [-0.3, -0.25) is 5.43 Å². The molecule has 1 aliphatic heterocycles. The third-order valence-electron chi connectivity index (χ3n) is 4.95. The highest BCUT2D eigenvalue weighted by atomic mass is 15.3. The highest BCUT2D eigenvalue weighted by Gasteiger charge is 2.33. The summed E-state index contributed by atoms with van der Waals surface area (Å²) in [4.78, 5) is 2.51. The maximum atomic E-state index is 4.42. The van der Waals surface area contributed by atoms with Crippen molar-refractivity contribution in [1.29, 1.82) is 0 Å². The number of allylic oxidation sites excluding steroid dienone is 1. The molecule has 0 spiro atoms. The Morgan fingerprint density at radius 1 is 1.08 bits per heavy atom. The molecule has 2 aromatic rings. The molecule has 1 N–H and O–H groups in total. The monoisotopic (exact) mass is 347 g/mol. The molecule has 0 aliphatic carbocycles. The van der Waals surface area contributed by atoms with E-state index in [0.717, 1.165) is 11.3 Å². The van der Waals surface area contributed by atoms with E-state index >= 15 is 0 Å². The van der Waals surface area contributed by atoms with Gasteiger partial charge in [0.05, 0.1) is 17.4 Å². The summed E-state index contributed by atoms with van der Waals surface area (Å²) in [5.41, 5.74) is 10.4. The van der Waals surface area contributed by atoms with Crippen molar-refractivity contribution in [2.75, 3.05) is 10.3 Å². The van der Waals surface area contributed by atoms with Crippen molar-refractivity contribution in [1.82, 2.24) is 0 Å². The summed E-state index contributed by atoms with van der Waals surface area (Å²) in [5, 5.41) is 4.42. The van der Waals surface area contributed by atoms with Gasteiger partial charge in [-0.25, -0.2) is 0 Å². The van der Waals surface area contributed by atoms with Crippen LogP contribution in [0.3, 0.4) is 0 Å². The Morgan fingerprint density at radius 3 is 2.42 bits per heavy atom. The second kappa shape index (κ2) is 6.99. The second-order valence-electron chi connectivity index (χ2n) is 7.91. The lowest BCUT2D eigenvalue weighted by atomic mass is 9.86. The molecule has 1 heterocycles. The molecular formula is C23H29N3. The van der Waals surface area contributed by atoms with Gasteiger partial charge in [-0.2, -0.15) is 5.10 Å². The molecule has 0 saturated heterocycles. The van der Waals surface area contributed by atoms with Crippen molar-refractivity contribution < 1.29 is 0 Å². The average Bonchev–Trinajstić information content (AvgIpc) is 2.55. The number of nitrogens with zero attached hydrogens (tertiary/aromatic N) is 2. The Bertz CT molecular complexity index is 845. The molecule has 0 aromatic heterocycles. The van der Waals surface area contributed by atoms with Gasteiger partial charge in [-0.15, -0.1) is 0 Å². The number of nitrogens with one attached hydrogen (secondary N) is 1. The first-order chi connectivity index (χ1) is 12.3. The van der Waals surface area contributed by atoms with Crippen LogP contribution < -0.4 is 10.3 Å². The van der Waals surface area contributed by atoms with Crippen LogP contribution in [-0.4, -0.2) is 17.8 Å². The van der Waals surface area contributed by atoms with Crippen LogP contribution in [0.2, 0.25) is 0 Å². The second-order valence-corrected chi connectivity index (χ2v) is 7.91. The zero-order valence-electron chi connectivity index (χ0n) is 16.7. The van der Waals surface area contributed by atoms with Crippen LogP contribution in [0.5, 0.6) is 0 Å². The number of hydrogen-bond donors (Lipinski definition) is 1. The molecule has 0 radical (unpaired) electrons. The van der Waals surface area contributed by atoms with Crippen LogP contribution in [0, 0.1) is 6.92 Å². The summed E-state index contributed by atoms with van der Waals surface area (Å²) in [7, 11) is 0. The molecule has 0 amide bonds. The minimum atomic E-state index is 0.0160. The lowest BCUT2D eigenvalue weighted by Crippen LogP contribution is -2.49. The fourth-order valence-corrected chi connectivity index (χ4v) is 3.98. The van der Waals surface area contributed by atoms with Gasteiger partial charge in [0.25, 0.3) is 0 Å². The van der Waals surface area contributed by atoms with E-state index in [0.29, 0.717) is 6.04 Å². The normalized spacial score (nSPS) is 16.0.